The number of aromatic nitrogens is 3. The molecule has 0 aromatic carbocycles. The molecule has 2 rings (SSSR count). The Bertz CT molecular complexity index is 407. The maximum absolute atomic E-state index is 5.56. The zero-order valence-corrected chi connectivity index (χ0v) is 7.82. The summed E-state index contributed by atoms with van der Waals surface area (Å²) in [5.41, 5.74) is 0.892. The van der Waals surface area contributed by atoms with E-state index >= 15 is 0 Å². The molecule has 0 amide bonds. The van der Waals surface area contributed by atoms with Crippen LogP contribution in [0.4, 0.5) is 0 Å². The summed E-state index contributed by atoms with van der Waals surface area (Å²) in [7, 11) is 1.85. The number of oxazole rings is 1. The lowest BCUT2D eigenvalue weighted by Gasteiger charge is -1.94. The van der Waals surface area contributed by atoms with Gasteiger partial charge in [-0.05, 0) is 6.07 Å². The third-order valence-corrected chi connectivity index (χ3v) is 1.97. The second-order valence-corrected chi connectivity index (χ2v) is 2.86. The van der Waals surface area contributed by atoms with E-state index in [1.807, 2.05) is 13.1 Å². The summed E-state index contributed by atoms with van der Waals surface area (Å²) < 4.78 is 7.07. The van der Waals surface area contributed by atoms with Gasteiger partial charge >= 0.3 is 0 Å². The number of aryl methyl sites for hydroxylation is 1. The van der Waals surface area contributed by atoms with Crippen LogP contribution in [0.1, 0.15) is 5.89 Å². The maximum Gasteiger partial charge on any atom is 0.209 e. The summed E-state index contributed by atoms with van der Waals surface area (Å²) in [5, 5.41) is 4.02. The highest BCUT2D eigenvalue weighted by Crippen LogP contribution is 2.19. The largest absolute Gasteiger partial charge is 0.438 e. The average molecular weight is 198 g/mol. The summed E-state index contributed by atoms with van der Waals surface area (Å²) in [4.78, 5) is 3.99. The molecule has 2 heterocycles. The van der Waals surface area contributed by atoms with Gasteiger partial charge in [-0.2, -0.15) is 5.10 Å². The van der Waals surface area contributed by atoms with Crippen molar-refractivity contribution in [3.8, 4) is 11.5 Å². The molecule has 0 atom stereocenters. The Morgan fingerprint density at radius 1 is 1.62 bits per heavy atom. The molecule has 2 aromatic rings. The summed E-state index contributed by atoms with van der Waals surface area (Å²) in [6.07, 6.45) is 3.35. The van der Waals surface area contributed by atoms with Gasteiger partial charge in [-0.15, -0.1) is 11.6 Å². The first-order chi connectivity index (χ1) is 6.31. The molecule has 0 radical (unpaired) electrons. The van der Waals surface area contributed by atoms with Gasteiger partial charge in [0.25, 0.3) is 0 Å². The molecule has 0 N–H and O–H groups in total. The van der Waals surface area contributed by atoms with E-state index in [1.54, 1.807) is 17.1 Å². The van der Waals surface area contributed by atoms with Gasteiger partial charge in [-0.3, -0.25) is 4.68 Å². The zero-order valence-electron chi connectivity index (χ0n) is 7.07. The Labute approximate surface area is 80.1 Å². The Morgan fingerprint density at radius 3 is 3.00 bits per heavy atom. The predicted octanol–water partition coefficient (Wildman–Crippen LogP) is 1.81. The first kappa shape index (κ1) is 8.31. The van der Waals surface area contributed by atoms with Crippen molar-refractivity contribution in [1.82, 2.24) is 14.8 Å². The predicted molar refractivity (Wildman–Crippen MR) is 48.3 cm³/mol. The molecule has 0 unspecified atom stereocenters. The second kappa shape index (κ2) is 3.22. The van der Waals surface area contributed by atoms with Crippen LogP contribution in [0.15, 0.2) is 22.9 Å². The van der Waals surface area contributed by atoms with E-state index in [1.165, 1.54) is 0 Å². The molecule has 0 bridgehead atoms. The van der Waals surface area contributed by atoms with Gasteiger partial charge in [0.15, 0.2) is 5.76 Å². The van der Waals surface area contributed by atoms with Crippen molar-refractivity contribution < 1.29 is 4.42 Å². The monoisotopic (exact) mass is 197 g/mol. The number of halogens is 1. The van der Waals surface area contributed by atoms with Crippen molar-refractivity contribution in [2.24, 2.45) is 7.05 Å². The molecule has 0 saturated heterocycles. The Balaban J connectivity index is 2.41. The molecule has 68 valence electrons. The number of hydrogen-bond donors (Lipinski definition) is 0. The normalized spacial score (nSPS) is 10.6. The van der Waals surface area contributed by atoms with Crippen molar-refractivity contribution in [2.75, 3.05) is 0 Å². The summed E-state index contributed by atoms with van der Waals surface area (Å²) in [6.45, 7) is 0. The van der Waals surface area contributed by atoms with Crippen molar-refractivity contribution >= 4 is 11.6 Å². The first-order valence-electron chi connectivity index (χ1n) is 3.80. The van der Waals surface area contributed by atoms with E-state index in [4.69, 9.17) is 16.0 Å². The van der Waals surface area contributed by atoms with Crippen molar-refractivity contribution in [2.45, 2.75) is 5.88 Å². The van der Waals surface area contributed by atoms with Gasteiger partial charge in [0, 0.05) is 13.2 Å². The van der Waals surface area contributed by atoms with Gasteiger partial charge in [-0.25, -0.2) is 4.98 Å². The molecular weight excluding hydrogens is 190 g/mol. The highest BCUT2D eigenvalue weighted by molar-refractivity contribution is 6.16. The number of nitrogens with zero attached hydrogens (tertiary/aromatic N) is 3. The molecule has 0 fully saturated rings. The van der Waals surface area contributed by atoms with E-state index in [0.29, 0.717) is 11.7 Å². The molecule has 0 aliphatic heterocycles. The number of alkyl halides is 1. The topological polar surface area (TPSA) is 43.9 Å². The first-order valence-corrected chi connectivity index (χ1v) is 4.34. The Morgan fingerprint density at radius 2 is 2.46 bits per heavy atom. The third-order valence-electron chi connectivity index (χ3n) is 1.74. The molecule has 5 heteroatoms. The van der Waals surface area contributed by atoms with Crippen LogP contribution in [0.3, 0.4) is 0 Å². The van der Waals surface area contributed by atoms with E-state index in [0.717, 1.165) is 5.69 Å². The molecule has 0 spiro atoms. The zero-order chi connectivity index (χ0) is 9.26. The lowest BCUT2D eigenvalue weighted by atomic mass is 10.3. The highest BCUT2D eigenvalue weighted by Gasteiger charge is 2.08. The summed E-state index contributed by atoms with van der Waals surface area (Å²) in [6, 6.07) is 1.86. The molecule has 2 aromatic heterocycles. The lowest BCUT2D eigenvalue weighted by molar-refractivity contribution is 0.523. The third kappa shape index (κ3) is 1.45. The van der Waals surface area contributed by atoms with Gasteiger partial charge in [0.05, 0.1) is 12.1 Å². The molecule has 0 aliphatic carbocycles. The van der Waals surface area contributed by atoms with E-state index in [9.17, 15) is 0 Å². The minimum atomic E-state index is 0.290. The van der Waals surface area contributed by atoms with Gasteiger partial charge in [0.2, 0.25) is 5.89 Å². The fraction of sp³-hybridized carbons (Fsp3) is 0.250. The van der Waals surface area contributed by atoms with Crippen LogP contribution in [0.2, 0.25) is 0 Å². The number of hydrogen-bond acceptors (Lipinski definition) is 3. The molecule has 4 nitrogen and oxygen atoms in total. The van der Waals surface area contributed by atoms with E-state index in [2.05, 4.69) is 10.1 Å². The van der Waals surface area contributed by atoms with Gasteiger partial charge in [-0.1, -0.05) is 0 Å². The van der Waals surface area contributed by atoms with Crippen LogP contribution >= 0.6 is 11.6 Å². The highest BCUT2D eigenvalue weighted by atomic mass is 35.5. The fourth-order valence-electron chi connectivity index (χ4n) is 1.11. The smallest absolute Gasteiger partial charge is 0.209 e. The second-order valence-electron chi connectivity index (χ2n) is 2.59. The van der Waals surface area contributed by atoms with E-state index < -0.39 is 0 Å². The van der Waals surface area contributed by atoms with Crippen LogP contribution in [0.5, 0.6) is 0 Å². The van der Waals surface area contributed by atoms with Crippen LogP contribution in [-0.2, 0) is 12.9 Å². The van der Waals surface area contributed by atoms with Gasteiger partial charge in [0.1, 0.15) is 5.69 Å². The molecule has 0 aliphatic rings. The molecular formula is C8H8ClN3O. The molecule has 13 heavy (non-hydrogen) atoms. The average Bonchev–Trinajstić information content (AvgIpc) is 2.71. The summed E-state index contributed by atoms with van der Waals surface area (Å²) in [5.74, 6) is 1.51. The minimum absolute atomic E-state index is 0.290. The maximum atomic E-state index is 5.56. The number of rotatable bonds is 2. The van der Waals surface area contributed by atoms with Gasteiger partial charge < -0.3 is 4.42 Å². The van der Waals surface area contributed by atoms with Crippen molar-refractivity contribution in [1.29, 1.82) is 0 Å². The van der Waals surface area contributed by atoms with Crippen molar-refractivity contribution in [3.63, 3.8) is 0 Å². The van der Waals surface area contributed by atoms with Crippen molar-refractivity contribution in [3.05, 3.63) is 24.4 Å². The SMILES string of the molecule is Cn1nccc1-c1cnc(CCl)o1. The Hall–Kier alpha value is -1.29. The minimum Gasteiger partial charge on any atom is -0.438 e. The fourth-order valence-corrected chi connectivity index (χ4v) is 1.23. The van der Waals surface area contributed by atoms with Crippen LogP contribution in [0.25, 0.3) is 11.5 Å². The Kier molecular flexibility index (Phi) is 2.06. The van der Waals surface area contributed by atoms with E-state index in [-0.39, 0.29) is 5.88 Å². The van der Waals surface area contributed by atoms with Crippen LogP contribution in [0, 0.1) is 0 Å². The van der Waals surface area contributed by atoms with Crippen LogP contribution in [-0.4, -0.2) is 14.8 Å². The lowest BCUT2D eigenvalue weighted by Crippen LogP contribution is -1.91. The standard InChI is InChI=1S/C8H8ClN3O/c1-12-6(2-3-11-12)7-5-10-8(4-9)13-7/h2-3,5H,4H2,1H3. The summed E-state index contributed by atoms with van der Waals surface area (Å²) >= 11 is 5.56. The quantitative estimate of drug-likeness (QED) is 0.690. The molecule has 0 saturated carbocycles. The van der Waals surface area contributed by atoms with Crippen LogP contribution < -0.4 is 0 Å².